The Bertz CT molecular complexity index is 827. The third kappa shape index (κ3) is 3.01. The predicted octanol–water partition coefficient (Wildman–Crippen LogP) is 1.44. The lowest BCUT2D eigenvalue weighted by Crippen LogP contribution is -2.15. The highest BCUT2D eigenvalue weighted by Gasteiger charge is 2.12. The molecule has 3 aromatic heterocycles. The highest BCUT2D eigenvalue weighted by atomic mass is 16.2. The Labute approximate surface area is 133 Å². The van der Waals surface area contributed by atoms with Crippen LogP contribution in [0.25, 0.3) is 0 Å². The lowest BCUT2D eigenvalue weighted by molar-refractivity contribution is 0.101. The zero-order valence-electron chi connectivity index (χ0n) is 13.4. The lowest BCUT2D eigenvalue weighted by atomic mass is 10.2. The SMILES string of the molecule is CCn1ncc(Cn2cc(NC(=O)c3ccnn3C)cn2)c1C. The lowest BCUT2D eigenvalue weighted by Gasteiger charge is -2.03. The van der Waals surface area contributed by atoms with Crippen LogP contribution in [0.4, 0.5) is 5.69 Å². The van der Waals surface area contributed by atoms with Crippen molar-refractivity contribution in [3.05, 3.63) is 47.8 Å². The maximum Gasteiger partial charge on any atom is 0.274 e. The molecular weight excluding hydrogens is 294 g/mol. The number of aromatic nitrogens is 6. The van der Waals surface area contributed by atoms with Crippen molar-refractivity contribution in [1.29, 1.82) is 0 Å². The molecule has 3 heterocycles. The number of nitrogens with zero attached hydrogens (tertiary/aromatic N) is 6. The Morgan fingerprint density at radius 2 is 2.09 bits per heavy atom. The normalized spacial score (nSPS) is 10.9. The van der Waals surface area contributed by atoms with Gasteiger partial charge < -0.3 is 5.32 Å². The number of carbonyl (C=O) groups is 1. The Hall–Kier alpha value is -2.90. The largest absolute Gasteiger partial charge is 0.318 e. The highest BCUT2D eigenvalue weighted by molar-refractivity contribution is 6.02. The summed E-state index contributed by atoms with van der Waals surface area (Å²) < 4.78 is 5.26. The average Bonchev–Trinajstić information content (AvgIpc) is 3.22. The van der Waals surface area contributed by atoms with Crippen molar-refractivity contribution in [2.45, 2.75) is 26.9 Å². The fourth-order valence-corrected chi connectivity index (χ4v) is 2.44. The summed E-state index contributed by atoms with van der Waals surface area (Å²) in [5, 5.41) is 15.4. The van der Waals surface area contributed by atoms with E-state index in [0.717, 1.165) is 17.8 Å². The van der Waals surface area contributed by atoms with Crippen molar-refractivity contribution in [2.75, 3.05) is 5.32 Å². The van der Waals surface area contributed by atoms with E-state index in [1.807, 2.05) is 17.8 Å². The number of hydrogen-bond acceptors (Lipinski definition) is 4. The molecule has 0 atom stereocenters. The molecule has 8 heteroatoms. The summed E-state index contributed by atoms with van der Waals surface area (Å²) in [6.45, 7) is 5.56. The second kappa shape index (κ2) is 6.07. The smallest absolute Gasteiger partial charge is 0.274 e. The standard InChI is InChI=1S/C15H19N7O/c1-4-22-11(2)12(7-18-22)9-21-10-13(8-17-21)19-15(23)14-5-6-16-20(14)3/h5-8,10H,4,9H2,1-3H3,(H,19,23). The quantitative estimate of drug-likeness (QED) is 0.772. The van der Waals surface area contributed by atoms with Crippen LogP contribution in [0.5, 0.6) is 0 Å². The van der Waals surface area contributed by atoms with Gasteiger partial charge in [-0.25, -0.2) is 0 Å². The van der Waals surface area contributed by atoms with E-state index in [9.17, 15) is 4.79 Å². The second-order valence-corrected chi connectivity index (χ2v) is 5.29. The molecule has 0 fully saturated rings. The molecule has 8 nitrogen and oxygen atoms in total. The maximum atomic E-state index is 12.1. The Morgan fingerprint density at radius 3 is 2.74 bits per heavy atom. The number of carbonyl (C=O) groups excluding carboxylic acids is 1. The number of hydrogen-bond donors (Lipinski definition) is 1. The van der Waals surface area contributed by atoms with Crippen molar-refractivity contribution in [2.24, 2.45) is 7.05 Å². The van der Waals surface area contributed by atoms with Crippen molar-refractivity contribution in [1.82, 2.24) is 29.3 Å². The molecule has 23 heavy (non-hydrogen) atoms. The first-order chi connectivity index (χ1) is 11.1. The molecule has 0 radical (unpaired) electrons. The van der Waals surface area contributed by atoms with Crippen LogP contribution in [0.3, 0.4) is 0 Å². The molecule has 1 N–H and O–H groups in total. The summed E-state index contributed by atoms with van der Waals surface area (Å²) in [7, 11) is 1.73. The van der Waals surface area contributed by atoms with Crippen LogP contribution in [0.1, 0.15) is 28.7 Å². The van der Waals surface area contributed by atoms with Crippen LogP contribution in [-0.4, -0.2) is 35.2 Å². The number of nitrogens with one attached hydrogen (secondary N) is 1. The van der Waals surface area contributed by atoms with Crippen LogP contribution in [0.2, 0.25) is 0 Å². The van der Waals surface area contributed by atoms with E-state index in [0.29, 0.717) is 17.9 Å². The Balaban J connectivity index is 1.69. The first kappa shape index (κ1) is 15.0. The van der Waals surface area contributed by atoms with Gasteiger partial charge >= 0.3 is 0 Å². The van der Waals surface area contributed by atoms with Gasteiger partial charge in [0, 0.05) is 37.2 Å². The third-order valence-corrected chi connectivity index (χ3v) is 3.78. The molecule has 0 spiro atoms. The van der Waals surface area contributed by atoms with E-state index in [-0.39, 0.29) is 5.91 Å². The van der Waals surface area contributed by atoms with Gasteiger partial charge in [0.05, 0.1) is 24.6 Å². The fraction of sp³-hybridized carbons (Fsp3) is 0.333. The van der Waals surface area contributed by atoms with Crippen molar-refractivity contribution >= 4 is 11.6 Å². The minimum atomic E-state index is -0.209. The van der Waals surface area contributed by atoms with Gasteiger partial charge in [-0.15, -0.1) is 0 Å². The van der Waals surface area contributed by atoms with Crippen LogP contribution >= 0.6 is 0 Å². The molecule has 0 aliphatic heterocycles. The molecule has 1 amide bonds. The summed E-state index contributed by atoms with van der Waals surface area (Å²) in [5.74, 6) is -0.209. The van der Waals surface area contributed by atoms with Gasteiger partial charge in [0.1, 0.15) is 5.69 Å². The third-order valence-electron chi connectivity index (χ3n) is 3.78. The van der Waals surface area contributed by atoms with Crippen molar-refractivity contribution in [3.63, 3.8) is 0 Å². The zero-order valence-corrected chi connectivity index (χ0v) is 13.4. The van der Waals surface area contributed by atoms with E-state index >= 15 is 0 Å². The minimum absolute atomic E-state index is 0.209. The summed E-state index contributed by atoms with van der Waals surface area (Å²) in [6.07, 6.45) is 6.88. The molecule has 0 bridgehead atoms. The first-order valence-corrected chi connectivity index (χ1v) is 7.41. The van der Waals surface area contributed by atoms with Crippen molar-refractivity contribution < 1.29 is 4.79 Å². The van der Waals surface area contributed by atoms with E-state index < -0.39 is 0 Å². The molecule has 0 unspecified atom stereocenters. The van der Waals surface area contributed by atoms with Gasteiger partial charge in [-0.2, -0.15) is 15.3 Å². The average molecular weight is 313 g/mol. The number of anilines is 1. The summed E-state index contributed by atoms with van der Waals surface area (Å²) in [6, 6.07) is 1.67. The molecule has 3 rings (SSSR count). The van der Waals surface area contributed by atoms with Gasteiger partial charge in [0.15, 0.2) is 0 Å². The van der Waals surface area contributed by atoms with Crippen LogP contribution in [0, 0.1) is 6.92 Å². The van der Waals surface area contributed by atoms with E-state index in [1.165, 1.54) is 4.68 Å². The fourth-order valence-electron chi connectivity index (χ4n) is 2.44. The van der Waals surface area contributed by atoms with Crippen LogP contribution < -0.4 is 5.32 Å². The van der Waals surface area contributed by atoms with Gasteiger partial charge in [-0.1, -0.05) is 0 Å². The molecule has 120 valence electrons. The van der Waals surface area contributed by atoms with Crippen LogP contribution in [0.15, 0.2) is 30.9 Å². The van der Waals surface area contributed by atoms with Crippen molar-refractivity contribution in [3.8, 4) is 0 Å². The minimum Gasteiger partial charge on any atom is -0.318 e. The summed E-state index contributed by atoms with van der Waals surface area (Å²) >= 11 is 0. The van der Waals surface area contributed by atoms with Crippen LogP contribution in [-0.2, 0) is 20.1 Å². The van der Waals surface area contributed by atoms with E-state index in [4.69, 9.17) is 0 Å². The molecule has 0 aliphatic carbocycles. The molecule has 0 saturated heterocycles. The number of rotatable bonds is 5. The molecule has 0 aliphatic rings. The first-order valence-electron chi connectivity index (χ1n) is 7.41. The second-order valence-electron chi connectivity index (χ2n) is 5.29. The number of amides is 1. The monoisotopic (exact) mass is 313 g/mol. The van der Waals surface area contributed by atoms with E-state index in [2.05, 4.69) is 27.5 Å². The molecular formula is C15H19N7O. The van der Waals surface area contributed by atoms with Gasteiger partial charge in [0.25, 0.3) is 5.91 Å². The Morgan fingerprint density at radius 1 is 1.26 bits per heavy atom. The predicted molar refractivity (Wildman–Crippen MR) is 85.1 cm³/mol. The van der Waals surface area contributed by atoms with Gasteiger partial charge in [-0.05, 0) is 19.9 Å². The summed E-state index contributed by atoms with van der Waals surface area (Å²) in [4.78, 5) is 12.1. The summed E-state index contributed by atoms with van der Waals surface area (Å²) in [5.41, 5.74) is 3.39. The Kier molecular flexibility index (Phi) is 3.96. The molecule has 0 aromatic carbocycles. The number of aryl methyl sites for hydroxylation is 2. The van der Waals surface area contributed by atoms with Gasteiger partial charge in [-0.3, -0.25) is 18.8 Å². The topological polar surface area (TPSA) is 82.6 Å². The molecule has 0 saturated carbocycles. The van der Waals surface area contributed by atoms with Gasteiger partial charge in [0.2, 0.25) is 0 Å². The highest BCUT2D eigenvalue weighted by Crippen LogP contribution is 2.12. The maximum absolute atomic E-state index is 12.1. The zero-order chi connectivity index (χ0) is 16.4. The molecule has 3 aromatic rings. The van der Waals surface area contributed by atoms with E-state index in [1.54, 1.807) is 36.4 Å².